The van der Waals surface area contributed by atoms with E-state index in [1.165, 1.54) is 0 Å². The average Bonchev–Trinajstić information content (AvgIpc) is 2.99. The van der Waals surface area contributed by atoms with Crippen molar-refractivity contribution in [3.63, 3.8) is 0 Å². The molecule has 0 aromatic rings. The zero-order valence-corrected chi connectivity index (χ0v) is 11.9. The van der Waals surface area contributed by atoms with E-state index in [1.54, 1.807) is 0 Å². The topological polar surface area (TPSA) is 87.7 Å². The number of carboxylic acids is 1. The van der Waals surface area contributed by atoms with Gasteiger partial charge in [-0.05, 0) is 44.4 Å². The highest BCUT2D eigenvalue weighted by molar-refractivity contribution is 5.77. The summed E-state index contributed by atoms with van der Waals surface area (Å²) in [5.74, 6) is -0.627. The molecule has 2 aliphatic rings. The highest BCUT2D eigenvalue weighted by atomic mass is 16.5. The Bertz CT molecular complexity index is 361. The molecule has 0 spiro atoms. The SMILES string of the molecule is CCOCCCNC(=O)NC1C2CCC(C2)C1C(=O)O. The number of urea groups is 1. The number of nitrogens with one attached hydrogen (secondary N) is 2. The van der Waals surface area contributed by atoms with Crippen LogP contribution in [-0.2, 0) is 9.53 Å². The molecule has 2 bridgehead atoms. The third-order valence-corrected chi connectivity index (χ3v) is 4.45. The second-order valence-electron chi connectivity index (χ2n) is 5.67. The van der Waals surface area contributed by atoms with Gasteiger partial charge in [-0.1, -0.05) is 0 Å². The van der Waals surface area contributed by atoms with E-state index in [-0.39, 0.29) is 18.0 Å². The van der Waals surface area contributed by atoms with E-state index < -0.39 is 11.9 Å². The zero-order valence-electron chi connectivity index (χ0n) is 11.9. The molecule has 114 valence electrons. The number of hydrogen-bond acceptors (Lipinski definition) is 3. The molecule has 3 N–H and O–H groups in total. The zero-order chi connectivity index (χ0) is 14.5. The third-order valence-electron chi connectivity index (χ3n) is 4.45. The standard InChI is InChI=1S/C14H24N2O4/c1-2-20-7-3-6-15-14(19)16-12-10-5-4-9(8-10)11(12)13(17)18/h9-12H,2-8H2,1H3,(H,17,18)(H2,15,16,19). The number of aliphatic carboxylic acids is 1. The summed E-state index contributed by atoms with van der Waals surface area (Å²) >= 11 is 0. The third kappa shape index (κ3) is 3.42. The molecule has 4 unspecified atom stereocenters. The van der Waals surface area contributed by atoms with Gasteiger partial charge < -0.3 is 20.5 Å². The molecule has 6 heteroatoms. The molecule has 4 atom stereocenters. The summed E-state index contributed by atoms with van der Waals surface area (Å²) < 4.78 is 5.19. The molecule has 0 radical (unpaired) electrons. The van der Waals surface area contributed by atoms with Crippen LogP contribution in [-0.4, -0.2) is 42.9 Å². The Kier molecular flexibility index (Phi) is 5.23. The Balaban J connectivity index is 1.74. The van der Waals surface area contributed by atoms with E-state index in [2.05, 4.69) is 10.6 Å². The van der Waals surface area contributed by atoms with E-state index in [1.807, 2.05) is 6.92 Å². The van der Waals surface area contributed by atoms with Gasteiger partial charge in [0.1, 0.15) is 0 Å². The maximum Gasteiger partial charge on any atom is 0.315 e. The first-order chi connectivity index (χ1) is 9.63. The van der Waals surface area contributed by atoms with E-state index in [0.717, 1.165) is 25.7 Å². The van der Waals surface area contributed by atoms with Crippen molar-refractivity contribution in [1.82, 2.24) is 10.6 Å². The monoisotopic (exact) mass is 284 g/mol. The number of carbonyl (C=O) groups excluding carboxylic acids is 1. The van der Waals surface area contributed by atoms with Crippen molar-refractivity contribution in [2.45, 2.75) is 38.6 Å². The summed E-state index contributed by atoms with van der Waals surface area (Å²) in [5, 5.41) is 14.9. The normalized spacial score (nSPS) is 31.2. The molecule has 2 rings (SSSR count). The Morgan fingerprint density at radius 2 is 2.05 bits per heavy atom. The van der Waals surface area contributed by atoms with E-state index in [4.69, 9.17) is 4.74 Å². The van der Waals surface area contributed by atoms with Crippen molar-refractivity contribution in [1.29, 1.82) is 0 Å². The number of carboxylic acid groups (broad SMARTS) is 1. The lowest BCUT2D eigenvalue weighted by molar-refractivity contribution is -0.144. The fraction of sp³-hybridized carbons (Fsp3) is 0.857. The van der Waals surface area contributed by atoms with Gasteiger partial charge in [-0.15, -0.1) is 0 Å². The molecule has 2 aliphatic carbocycles. The molecule has 6 nitrogen and oxygen atoms in total. The van der Waals surface area contributed by atoms with Crippen molar-refractivity contribution < 1.29 is 19.4 Å². The van der Waals surface area contributed by atoms with E-state index in [0.29, 0.717) is 25.7 Å². The minimum atomic E-state index is -0.779. The maximum absolute atomic E-state index is 11.8. The van der Waals surface area contributed by atoms with Crippen LogP contribution in [0.2, 0.25) is 0 Å². The quantitative estimate of drug-likeness (QED) is 0.613. The van der Waals surface area contributed by atoms with Crippen LogP contribution in [0.5, 0.6) is 0 Å². The van der Waals surface area contributed by atoms with Crippen LogP contribution in [0.4, 0.5) is 4.79 Å². The molecule has 0 heterocycles. The Morgan fingerprint density at radius 1 is 1.30 bits per heavy atom. The predicted molar refractivity (Wildman–Crippen MR) is 73.4 cm³/mol. The van der Waals surface area contributed by atoms with Crippen LogP contribution < -0.4 is 10.6 Å². The van der Waals surface area contributed by atoms with Crippen LogP contribution in [0.3, 0.4) is 0 Å². The molecule has 2 saturated carbocycles. The summed E-state index contributed by atoms with van der Waals surface area (Å²) in [5.41, 5.74) is 0. The van der Waals surface area contributed by atoms with Gasteiger partial charge in [-0.25, -0.2) is 4.79 Å². The molecular weight excluding hydrogens is 260 g/mol. The van der Waals surface area contributed by atoms with Crippen LogP contribution in [0.15, 0.2) is 0 Å². The van der Waals surface area contributed by atoms with Gasteiger partial charge in [0.25, 0.3) is 0 Å². The van der Waals surface area contributed by atoms with Gasteiger partial charge in [0.05, 0.1) is 5.92 Å². The largest absolute Gasteiger partial charge is 0.481 e. The molecule has 2 amide bonds. The van der Waals surface area contributed by atoms with Crippen LogP contribution in [0, 0.1) is 17.8 Å². The highest BCUT2D eigenvalue weighted by Crippen LogP contribution is 2.48. The maximum atomic E-state index is 11.8. The summed E-state index contributed by atoms with van der Waals surface area (Å²) in [6.45, 7) is 3.78. The lowest BCUT2D eigenvalue weighted by atomic mass is 9.84. The molecule has 0 aromatic carbocycles. The highest BCUT2D eigenvalue weighted by Gasteiger charge is 2.51. The van der Waals surface area contributed by atoms with Crippen molar-refractivity contribution >= 4 is 12.0 Å². The van der Waals surface area contributed by atoms with Gasteiger partial charge in [0.15, 0.2) is 0 Å². The summed E-state index contributed by atoms with van der Waals surface area (Å²) in [6, 6.07) is -0.469. The number of rotatable bonds is 7. The summed E-state index contributed by atoms with van der Waals surface area (Å²) in [7, 11) is 0. The first-order valence-electron chi connectivity index (χ1n) is 7.48. The first-order valence-corrected chi connectivity index (χ1v) is 7.48. The predicted octanol–water partition coefficient (Wildman–Crippen LogP) is 1.21. The number of amides is 2. The van der Waals surface area contributed by atoms with E-state index in [9.17, 15) is 14.7 Å². The van der Waals surface area contributed by atoms with Gasteiger partial charge in [0.2, 0.25) is 0 Å². The lowest BCUT2D eigenvalue weighted by Gasteiger charge is -2.28. The Labute approximate surface area is 119 Å². The van der Waals surface area contributed by atoms with Gasteiger partial charge >= 0.3 is 12.0 Å². The number of ether oxygens (including phenoxy) is 1. The molecule has 0 aliphatic heterocycles. The minimum Gasteiger partial charge on any atom is -0.481 e. The second kappa shape index (κ2) is 6.92. The van der Waals surface area contributed by atoms with Crippen molar-refractivity contribution in [3.8, 4) is 0 Å². The molecule has 0 saturated heterocycles. The Hall–Kier alpha value is -1.30. The second-order valence-corrected chi connectivity index (χ2v) is 5.67. The molecule has 0 aromatic heterocycles. The van der Waals surface area contributed by atoms with Gasteiger partial charge in [0, 0.05) is 25.8 Å². The van der Waals surface area contributed by atoms with Crippen molar-refractivity contribution in [2.24, 2.45) is 17.8 Å². The Morgan fingerprint density at radius 3 is 2.75 bits per heavy atom. The van der Waals surface area contributed by atoms with Gasteiger partial charge in [-0.3, -0.25) is 4.79 Å². The number of fused-ring (bicyclic) bond motifs is 2. The van der Waals surface area contributed by atoms with Crippen LogP contribution in [0.1, 0.15) is 32.6 Å². The number of carbonyl (C=O) groups is 2. The van der Waals surface area contributed by atoms with Crippen LogP contribution >= 0.6 is 0 Å². The fourth-order valence-electron chi connectivity index (χ4n) is 3.58. The number of hydrogen-bond donors (Lipinski definition) is 3. The van der Waals surface area contributed by atoms with Gasteiger partial charge in [-0.2, -0.15) is 0 Å². The molecule has 2 fully saturated rings. The van der Waals surface area contributed by atoms with E-state index >= 15 is 0 Å². The summed E-state index contributed by atoms with van der Waals surface area (Å²) in [6.07, 6.45) is 3.71. The fourth-order valence-corrected chi connectivity index (χ4v) is 3.58. The van der Waals surface area contributed by atoms with Crippen molar-refractivity contribution in [3.05, 3.63) is 0 Å². The first kappa shape index (κ1) is 15.1. The molecule has 20 heavy (non-hydrogen) atoms. The lowest BCUT2D eigenvalue weighted by Crippen LogP contribution is -2.50. The average molecular weight is 284 g/mol. The minimum absolute atomic E-state index is 0.210. The smallest absolute Gasteiger partial charge is 0.315 e. The van der Waals surface area contributed by atoms with Crippen LogP contribution in [0.25, 0.3) is 0 Å². The molecular formula is C14H24N2O4. The summed E-state index contributed by atoms with van der Waals surface area (Å²) in [4.78, 5) is 23.1. The van der Waals surface area contributed by atoms with Crippen molar-refractivity contribution in [2.75, 3.05) is 19.8 Å².